The highest BCUT2D eigenvalue weighted by molar-refractivity contribution is 9.10. The Bertz CT molecular complexity index is 781. The van der Waals surface area contributed by atoms with Gasteiger partial charge in [0.2, 0.25) is 5.91 Å². The van der Waals surface area contributed by atoms with Gasteiger partial charge in [-0.3, -0.25) is 25.2 Å². The number of Topliss-reactive ketones (excluding diaryl/α,β-unsaturated/α-hetero) is 1. The smallest absolute Gasteiger partial charge is 0.272 e. The van der Waals surface area contributed by atoms with Crippen molar-refractivity contribution >= 4 is 33.5 Å². The van der Waals surface area contributed by atoms with Gasteiger partial charge >= 0.3 is 0 Å². The van der Waals surface area contributed by atoms with Gasteiger partial charge in [0.1, 0.15) is 5.82 Å². The van der Waals surface area contributed by atoms with Crippen LogP contribution in [-0.4, -0.2) is 22.4 Å². The second-order valence-corrected chi connectivity index (χ2v) is 8.46. The summed E-state index contributed by atoms with van der Waals surface area (Å²) in [6, 6.07) is 5.52. The van der Waals surface area contributed by atoms with Crippen molar-refractivity contribution in [1.82, 2.24) is 10.9 Å². The summed E-state index contributed by atoms with van der Waals surface area (Å²) >= 11 is 3.41. The fraction of sp³-hybridized carbons (Fsp3) is 0.500. The zero-order chi connectivity index (χ0) is 18.6. The van der Waals surface area contributed by atoms with E-state index in [-0.39, 0.29) is 11.3 Å². The molecular formula is C18H20BrFN2O3. The molecule has 0 spiro atoms. The monoisotopic (exact) mass is 410 g/mol. The van der Waals surface area contributed by atoms with Crippen LogP contribution in [0.25, 0.3) is 0 Å². The summed E-state index contributed by atoms with van der Waals surface area (Å²) in [4.78, 5) is 37.1. The van der Waals surface area contributed by atoms with Crippen molar-refractivity contribution < 1.29 is 18.8 Å². The van der Waals surface area contributed by atoms with Crippen molar-refractivity contribution in [2.24, 2.45) is 16.2 Å². The van der Waals surface area contributed by atoms with E-state index in [4.69, 9.17) is 0 Å². The third-order valence-corrected chi connectivity index (χ3v) is 7.73. The summed E-state index contributed by atoms with van der Waals surface area (Å²) in [7, 11) is 0. The molecule has 3 atom stereocenters. The largest absolute Gasteiger partial charge is 0.298 e. The Morgan fingerprint density at radius 2 is 1.80 bits per heavy atom. The molecule has 3 rings (SSSR count). The van der Waals surface area contributed by atoms with Crippen LogP contribution in [0.5, 0.6) is 0 Å². The standard InChI is InChI=1S/C18H20BrFN2O3/c1-16(2)17(3)8-9-18(16,12(19)13(17)23)15(25)22-21-14(24)10-6-4-5-7-11(10)20/h4-7,12H,8-9H2,1-3H3,(H,21,24)(H,22,25). The van der Waals surface area contributed by atoms with Crippen LogP contribution >= 0.6 is 15.9 Å². The van der Waals surface area contributed by atoms with Gasteiger partial charge in [0, 0.05) is 5.41 Å². The molecular weight excluding hydrogens is 391 g/mol. The molecule has 25 heavy (non-hydrogen) atoms. The molecule has 0 saturated heterocycles. The molecule has 0 aliphatic heterocycles. The minimum absolute atomic E-state index is 0.0133. The normalized spacial score (nSPS) is 32.5. The fourth-order valence-electron chi connectivity index (χ4n) is 4.39. The van der Waals surface area contributed by atoms with Gasteiger partial charge in [0.05, 0.1) is 15.8 Å². The number of halogens is 2. The molecule has 2 N–H and O–H groups in total. The van der Waals surface area contributed by atoms with Crippen LogP contribution in [-0.2, 0) is 9.59 Å². The summed E-state index contributed by atoms with van der Waals surface area (Å²) < 4.78 is 13.7. The van der Waals surface area contributed by atoms with E-state index in [0.29, 0.717) is 12.8 Å². The van der Waals surface area contributed by atoms with Gasteiger partial charge in [-0.1, -0.05) is 48.8 Å². The van der Waals surface area contributed by atoms with Crippen LogP contribution in [0.3, 0.4) is 0 Å². The molecule has 1 aromatic carbocycles. The zero-order valence-electron chi connectivity index (χ0n) is 14.3. The number of rotatable bonds is 2. The van der Waals surface area contributed by atoms with Gasteiger partial charge in [-0.15, -0.1) is 0 Å². The van der Waals surface area contributed by atoms with E-state index in [1.165, 1.54) is 24.3 Å². The Kier molecular flexibility index (Phi) is 4.06. The predicted molar refractivity (Wildman–Crippen MR) is 93.3 cm³/mol. The van der Waals surface area contributed by atoms with Gasteiger partial charge < -0.3 is 0 Å². The van der Waals surface area contributed by atoms with Crippen LogP contribution in [0.15, 0.2) is 24.3 Å². The van der Waals surface area contributed by atoms with E-state index in [0.717, 1.165) is 0 Å². The van der Waals surface area contributed by atoms with E-state index < -0.39 is 38.7 Å². The highest BCUT2D eigenvalue weighted by Crippen LogP contribution is 2.72. The first-order valence-corrected chi connectivity index (χ1v) is 9.05. The van der Waals surface area contributed by atoms with E-state index >= 15 is 0 Å². The number of ketones is 1. The number of carbonyl (C=O) groups excluding carboxylic acids is 3. The van der Waals surface area contributed by atoms with Crippen molar-refractivity contribution in [2.45, 2.75) is 38.4 Å². The number of hydrogen-bond donors (Lipinski definition) is 2. The predicted octanol–water partition coefficient (Wildman–Crippen LogP) is 2.75. The first-order chi connectivity index (χ1) is 11.6. The van der Waals surface area contributed by atoms with Crippen LogP contribution in [0.2, 0.25) is 0 Å². The Labute approximate surface area is 153 Å². The quantitative estimate of drug-likeness (QED) is 0.581. The molecule has 2 bridgehead atoms. The Balaban J connectivity index is 1.81. The van der Waals surface area contributed by atoms with Crippen LogP contribution < -0.4 is 10.9 Å². The van der Waals surface area contributed by atoms with Crippen LogP contribution in [0, 0.1) is 22.1 Å². The van der Waals surface area contributed by atoms with E-state index in [1.807, 2.05) is 20.8 Å². The fourth-order valence-corrected chi connectivity index (χ4v) is 5.91. The third kappa shape index (κ3) is 2.14. The molecule has 134 valence electrons. The molecule has 2 aliphatic rings. The lowest BCUT2D eigenvalue weighted by molar-refractivity contribution is -0.136. The van der Waals surface area contributed by atoms with Crippen molar-refractivity contribution in [3.8, 4) is 0 Å². The maximum absolute atomic E-state index is 13.7. The number of fused-ring (bicyclic) bond motifs is 2. The van der Waals surface area contributed by atoms with E-state index in [2.05, 4.69) is 26.8 Å². The Morgan fingerprint density at radius 1 is 1.16 bits per heavy atom. The maximum atomic E-state index is 13.7. The lowest BCUT2D eigenvalue weighted by atomic mass is 9.64. The van der Waals surface area contributed by atoms with Gasteiger partial charge in [-0.25, -0.2) is 4.39 Å². The molecule has 2 aliphatic carbocycles. The Hall–Kier alpha value is -1.76. The number of benzene rings is 1. The first kappa shape index (κ1) is 18.0. The maximum Gasteiger partial charge on any atom is 0.272 e. The number of nitrogens with one attached hydrogen (secondary N) is 2. The average Bonchev–Trinajstić information content (AvgIpc) is 2.84. The number of hydrogen-bond acceptors (Lipinski definition) is 3. The summed E-state index contributed by atoms with van der Waals surface area (Å²) in [5, 5.41) is 0. The molecule has 2 amide bonds. The van der Waals surface area contributed by atoms with Gasteiger partial charge in [-0.2, -0.15) is 0 Å². The van der Waals surface area contributed by atoms with E-state index in [9.17, 15) is 18.8 Å². The van der Waals surface area contributed by atoms with Crippen molar-refractivity contribution in [2.75, 3.05) is 0 Å². The topological polar surface area (TPSA) is 75.3 Å². The summed E-state index contributed by atoms with van der Waals surface area (Å²) in [6.45, 7) is 5.72. The first-order valence-electron chi connectivity index (χ1n) is 8.13. The highest BCUT2D eigenvalue weighted by Gasteiger charge is 2.76. The second kappa shape index (κ2) is 5.62. The average molecular weight is 411 g/mol. The molecule has 2 fully saturated rings. The second-order valence-electron chi connectivity index (χ2n) is 7.54. The Morgan fingerprint density at radius 3 is 2.36 bits per heavy atom. The molecule has 0 heterocycles. The number of alkyl halides is 1. The third-order valence-electron chi connectivity index (χ3n) is 6.53. The van der Waals surface area contributed by atoms with Crippen LogP contribution in [0.4, 0.5) is 4.39 Å². The molecule has 2 saturated carbocycles. The zero-order valence-corrected chi connectivity index (χ0v) is 15.9. The molecule has 5 nitrogen and oxygen atoms in total. The molecule has 0 aromatic heterocycles. The lowest BCUT2D eigenvalue weighted by Gasteiger charge is -2.39. The van der Waals surface area contributed by atoms with Crippen LogP contribution in [0.1, 0.15) is 44.0 Å². The summed E-state index contributed by atoms with van der Waals surface area (Å²) in [6.07, 6.45) is 1.16. The molecule has 3 unspecified atom stereocenters. The van der Waals surface area contributed by atoms with Crippen molar-refractivity contribution in [3.63, 3.8) is 0 Å². The SMILES string of the molecule is CC12CCC(C(=O)NNC(=O)c3ccccc3F)(C(Br)C1=O)C2(C)C. The van der Waals surface area contributed by atoms with Gasteiger partial charge in [0.25, 0.3) is 5.91 Å². The van der Waals surface area contributed by atoms with Crippen molar-refractivity contribution in [1.29, 1.82) is 0 Å². The molecule has 0 radical (unpaired) electrons. The summed E-state index contributed by atoms with van der Waals surface area (Å²) in [5.74, 6) is -1.83. The number of amides is 2. The minimum Gasteiger partial charge on any atom is -0.298 e. The lowest BCUT2D eigenvalue weighted by Crippen LogP contribution is -2.55. The number of hydrazine groups is 1. The number of carbonyl (C=O) groups is 3. The highest BCUT2D eigenvalue weighted by atomic mass is 79.9. The molecule has 1 aromatic rings. The summed E-state index contributed by atoms with van der Waals surface area (Å²) in [5.41, 5.74) is 2.40. The van der Waals surface area contributed by atoms with Gasteiger partial charge in [-0.05, 0) is 30.4 Å². The van der Waals surface area contributed by atoms with E-state index in [1.54, 1.807) is 0 Å². The minimum atomic E-state index is -0.957. The van der Waals surface area contributed by atoms with Gasteiger partial charge in [0.15, 0.2) is 5.78 Å². The van der Waals surface area contributed by atoms with Crippen molar-refractivity contribution in [3.05, 3.63) is 35.6 Å². The molecule has 7 heteroatoms.